The fraction of sp³-hybridized carbons (Fsp3) is 0.656. The average molecular weight is 550 g/mol. The number of likely N-dealkylation sites (tertiary alicyclic amines) is 1. The number of aliphatic hydroxyl groups is 1. The number of aryl methyl sites for hydroxylation is 1. The first-order chi connectivity index (χ1) is 19.4. The first kappa shape index (κ1) is 28.8. The fourth-order valence-corrected chi connectivity index (χ4v) is 7.16. The minimum Gasteiger partial charge on any atom is -0.390 e. The van der Waals surface area contributed by atoms with Crippen molar-refractivity contribution in [1.29, 1.82) is 0 Å². The van der Waals surface area contributed by atoms with Gasteiger partial charge in [0.05, 0.1) is 17.5 Å². The molecule has 5 rings (SSSR count). The molecule has 0 spiro atoms. The third-order valence-electron chi connectivity index (χ3n) is 9.58. The molecule has 8 heteroatoms. The molecule has 1 aromatic heterocycles. The maximum absolute atomic E-state index is 13.7. The minimum atomic E-state index is -0.809. The molecule has 2 N–H and O–H groups in total. The molecular formula is C32H47N5O3. The number of rotatable bonds is 9. The number of nitrogens with one attached hydrogen (secondary N) is 1. The van der Waals surface area contributed by atoms with E-state index in [0.29, 0.717) is 6.54 Å². The Morgan fingerprint density at radius 2 is 1.73 bits per heavy atom. The minimum absolute atomic E-state index is 0.0789. The van der Waals surface area contributed by atoms with Crippen LogP contribution in [0.25, 0.3) is 5.69 Å². The molecule has 0 radical (unpaired) electrons. The van der Waals surface area contributed by atoms with Crippen LogP contribution in [0, 0.1) is 25.7 Å². The third kappa shape index (κ3) is 5.98. The lowest BCUT2D eigenvalue weighted by Gasteiger charge is -2.46. The van der Waals surface area contributed by atoms with Gasteiger partial charge in [-0.15, -0.1) is 0 Å². The molecule has 1 unspecified atom stereocenters. The van der Waals surface area contributed by atoms with E-state index >= 15 is 0 Å². The highest BCUT2D eigenvalue weighted by molar-refractivity contribution is 5.97. The molecule has 2 aliphatic heterocycles. The van der Waals surface area contributed by atoms with Gasteiger partial charge in [-0.2, -0.15) is 5.10 Å². The van der Waals surface area contributed by atoms with Gasteiger partial charge in [0.2, 0.25) is 11.8 Å². The smallest absolute Gasteiger partial charge is 0.248 e. The standard InChI is InChI=1S/C32H47N5O3/c1-4-5-18-36-29(31(39)33-28(32(36)40)30(38)25-12-8-6-9-13-25)24-16-19-35(20-17-24)21-27-22(2)34-37(23(27)3)26-14-10-7-11-15-26/h7,10-11,14-15,24-25,28-30,38H,4-6,8-9,12-13,16-21H2,1-3H3,(H,33,39)/t28-,29?,30-/m1/s1. The quantitative estimate of drug-likeness (QED) is 0.491. The largest absolute Gasteiger partial charge is 0.390 e. The van der Waals surface area contributed by atoms with Crippen molar-refractivity contribution in [3.8, 4) is 5.69 Å². The van der Waals surface area contributed by atoms with Crippen LogP contribution in [0.1, 0.15) is 81.7 Å². The average Bonchev–Trinajstić information content (AvgIpc) is 3.26. The van der Waals surface area contributed by atoms with Gasteiger partial charge in [-0.05, 0) is 83.0 Å². The van der Waals surface area contributed by atoms with E-state index in [1.165, 1.54) is 12.0 Å². The van der Waals surface area contributed by atoms with Crippen molar-refractivity contribution < 1.29 is 14.7 Å². The van der Waals surface area contributed by atoms with Crippen LogP contribution >= 0.6 is 0 Å². The maximum Gasteiger partial charge on any atom is 0.248 e. The van der Waals surface area contributed by atoms with E-state index < -0.39 is 18.2 Å². The normalized spacial score (nSPS) is 24.4. The first-order valence-corrected chi connectivity index (χ1v) is 15.5. The fourth-order valence-electron chi connectivity index (χ4n) is 7.16. The predicted octanol–water partition coefficient (Wildman–Crippen LogP) is 4.14. The van der Waals surface area contributed by atoms with Crippen molar-refractivity contribution in [1.82, 2.24) is 24.9 Å². The van der Waals surface area contributed by atoms with Crippen molar-refractivity contribution in [2.45, 2.75) is 103 Å². The summed E-state index contributed by atoms with van der Waals surface area (Å²) in [4.78, 5) is 31.6. The van der Waals surface area contributed by atoms with Gasteiger partial charge in [-0.25, -0.2) is 4.68 Å². The van der Waals surface area contributed by atoms with Gasteiger partial charge >= 0.3 is 0 Å². The van der Waals surface area contributed by atoms with E-state index in [1.807, 2.05) is 27.8 Å². The summed E-state index contributed by atoms with van der Waals surface area (Å²) in [5.41, 5.74) is 4.54. The second-order valence-electron chi connectivity index (χ2n) is 12.2. The molecule has 3 heterocycles. The first-order valence-electron chi connectivity index (χ1n) is 15.5. The van der Waals surface area contributed by atoms with Crippen LogP contribution in [0.3, 0.4) is 0 Å². The summed E-state index contributed by atoms with van der Waals surface area (Å²) in [6, 6.07) is 8.98. The number of aromatic nitrogens is 2. The van der Waals surface area contributed by atoms with E-state index in [0.717, 1.165) is 88.1 Å². The zero-order valence-electron chi connectivity index (χ0n) is 24.5. The van der Waals surface area contributed by atoms with Crippen molar-refractivity contribution in [2.75, 3.05) is 19.6 Å². The lowest BCUT2D eigenvalue weighted by Crippen LogP contribution is -2.69. The van der Waals surface area contributed by atoms with E-state index in [2.05, 4.69) is 43.1 Å². The van der Waals surface area contributed by atoms with Crippen molar-refractivity contribution in [3.63, 3.8) is 0 Å². The molecule has 1 aromatic carbocycles. The van der Waals surface area contributed by atoms with Crippen molar-refractivity contribution >= 4 is 11.8 Å². The van der Waals surface area contributed by atoms with E-state index in [1.54, 1.807) is 0 Å². The number of piperazine rings is 1. The maximum atomic E-state index is 13.7. The molecule has 2 amide bonds. The number of benzene rings is 1. The molecule has 2 aromatic rings. The predicted molar refractivity (Wildman–Crippen MR) is 156 cm³/mol. The number of amides is 2. The molecule has 2 saturated heterocycles. The second-order valence-corrected chi connectivity index (χ2v) is 12.2. The molecular weight excluding hydrogens is 502 g/mol. The van der Waals surface area contributed by atoms with Gasteiger partial charge in [0, 0.05) is 24.3 Å². The van der Waals surface area contributed by atoms with E-state index in [4.69, 9.17) is 5.10 Å². The zero-order chi connectivity index (χ0) is 28.2. The van der Waals surface area contributed by atoms with Crippen LogP contribution in [0.4, 0.5) is 0 Å². The molecule has 3 fully saturated rings. The summed E-state index contributed by atoms with van der Waals surface area (Å²) < 4.78 is 2.03. The Morgan fingerprint density at radius 1 is 1.02 bits per heavy atom. The SMILES string of the molecule is CCCCN1C(=O)[C@@H]([C@H](O)C2CCCCC2)NC(=O)C1C1CCN(Cc2c(C)nn(-c3ccccc3)c2C)CC1. The number of piperidine rings is 1. The van der Waals surface area contributed by atoms with Crippen molar-refractivity contribution in [2.24, 2.45) is 11.8 Å². The summed E-state index contributed by atoms with van der Waals surface area (Å²) in [5.74, 6) is 0.0519. The number of nitrogens with zero attached hydrogens (tertiary/aromatic N) is 4. The van der Waals surface area contributed by atoms with Gasteiger partial charge in [-0.3, -0.25) is 14.5 Å². The lowest BCUT2D eigenvalue weighted by molar-refractivity contribution is -0.157. The number of aliphatic hydroxyl groups excluding tert-OH is 1. The van der Waals surface area contributed by atoms with Crippen LogP contribution in [0.15, 0.2) is 30.3 Å². The molecule has 1 aliphatic carbocycles. The van der Waals surface area contributed by atoms with Crippen molar-refractivity contribution in [3.05, 3.63) is 47.3 Å². The second kappa shape index (κ2) is 12.9. The Labute approximate surface area is 239 Å². The Balaban J connectivity index is 1.24. The number of carbonyl (C=O) groups excluding carboxylic acids is 2. The van der Waals surface area contributed by atoms with E-state index in [9.17, 15) is 14.7 Å². The molecule has 3 atom stereocenters. The number of hydrogen-bond acceptors (Lipinski definition) is 5. The van der Waals surface area contributed by atoms with Crippen LogP contribution in [-0.2, 0) is 16.1 Å². The van der Waals surface area contributed by atoms with Gasteiger partial charge in [0.25, 0.3) is 0 Å². The van der Waals surface area contributed by atoms with Gasteiger partial charge in [-0.1, -0.05) is 50.8 Å². The summed E-state index contributed by atoms with van der Waals surface area (Å²) in [5, 5.41) is 19.0. The number of carbonyl (C=O) groups is 2. The topological polar surface area (TPSA) is 90.7 Å². The summed E-state index contributed by atoms with van der Waals surface area (Å²) in [6.07, 6.45) is 7.99. The van der Waals surface area contributed by atoms with Gasteiger partial charge in [0.1, 0.15) is 12.1 Å². The molecule has 0 bridgehead atoms. The molecule has 218 valence electrons. The van der Waals surface area contributed by atoms with Crippen LogP contribution < -0.4 is 5.32 Å². The molecule has 8 nitrogen and oxygen atoms in total. The van der Waals surface area contributed by atoms with Crippen LogP contribution in [0.5, 0.6) is 0 Å². The number of para-hydroxylation sites is 1. The Morgan fingerprint density at radius 3 is 2.40 bits per heavy atom. The Kier molecular flexibility index (Phi) is 9.26. The molecule has 40 heavy (non-hydrogen) atoms. The zero-order valence-corrected chi connectivity index (χ0v) is 24.5. The summed E-state index contributed by atoms with van der Waals surface area (Å²) in [7, 11) is 0. The Bertz CT molecular complexity index is 1150. The van der Waals surface area contributed by atoms with E-state index in [-0.39, 0.29) is 23.7 Å². The third-order valence-corrected chi connectivity index (χ3v) is 9.58. The summed E-state index contributed by atoms with van der Waals surface area (Å²) in [6.45, 7) is 9.51. The van der Waals surface area contributed by atoms with Crippen LogP contribution in [0.2, 0.25) is 0 Å². The summed E-state index contributed by atoms with van der Waals surface area (Å²) >= 11 is 0. The highest BCUT2D eigenvalue weighted by Gasteiger charge is 2.48. The lowest BCUT2D eigenvalue weighted by atomic mass is 9.80. The highest BCUT2D eigenvalue weighted by Crippen LogP contribution is 2.33. The number of hydrogen-bond donors (Lipinski definition) is 2. The van der Waals surface area contributed by atoms with Gasteiger partial charge < -0.3 is 15.3 Å². The Hall–Kier alpha value is -2.71. The van der Waals surface area contributed by atoms with Gasteiger partial charge in [0.15, 0.2) is 0 Å². The highest BCUT2D eigenvalue weighted by atomic mass is 16.3. The molecule has 3 aliphatic rings. The van der Waals surface area contributed by atoms with Crippen LogP contribution in [-0.4, -0.2) is 74.3 Å². The monoisotopic (exact) mass is 549 g/mol. The molecule has 1 saturated carbocycles. The number of unbranched alkanes of at least 4 members (excludes halogenated alkanes) is 1.